The molecule has 1 saturated carbocycles. The number of rotatable bonds is 3. The average Bonchev–Trinajstić information content (AvgIpc) is 3.32. The zero-order valence-corrected chi connectivity index (χ0v) is 14.1. The normalized spacial score (nSPS) is 24.4. The van der Waals surface area contributed by atoms with Crippen LogP contribution in [0.15, 0.2) is 10.7 Å². The number of nitrogens with one attached hydrogen (secondary N) is 1. The van der Waals surface area contributed by atoms with Gasteiger partial charge in [-0.15, -0.1) is 0 Å². The topological polar surface area (TPSA) is 85.8 Å². The molecule has 2 fully saturated rings. The third-order valence-electron chi connectivity index (χ3n) is 5.41. The maximum atomic E-state index is 13.2. The highest BCUT2D eigenvalue weighted by Gasteiger charge is 2.54. The first kappa shape index (κ1) is 17.0. The number of aryl methyl sites for hydroxylation is 1. The van der Waals surface area contributed by atoms with Crippen molar-refractivity contribution in [3.05, 3.63) is 17.8 Å². The molecule has 1 unspecified atom stereocenters. The van der Waals surface area contributed by atoms with Gasteiger partial charge in [-0.3, -0.25) is 9.48 Å². The van der Waals surface area contributed by atoms with E-state index in [2.05, 4.69) is 20.6 Å². The smallest absolute Gasteiger partial charge is 0.355 e. The zero-order valence-electron chi connectivity index (χ0n) is 14.1. The Morgan fingerprint density at radius 2 is 2.08 bits per heavy atom. The van der Waals surface area contributed by atoms with Gasteiger partial charge in [0.15, 0.2) is 5.69 Å². The second-order valence-electron chi connectivity index (χ2n) is 6.94. The van der Waals surface area contributed by atoms with Gasteiger partial charge in [0.25, 0.3) is 0 Å². The average molecular weight is 369 g/mol. The number of carbonyl (C=O) groups excluding carboxylic acids is 1. The van der Waals surface area contributed by atoms with Gasteiger partial charge in [0.05, 0.1) is 5.56 Å². The molecule has 1 saturated heterocycles. The van der Waals surface area contributed by atoms with Crippen LogP contribution in [-0.2, 0) is 23.4 Å². The van der Waals surface area contributed by atoms with Gasteiger partial charge >= 0.3 is 6.18 Å². The summed E-state index contributed by atoms with van der Waals surface area (Å²) in [7, 11) is 1.39. The monoisotopic (exact) mass is 369 g/mol. The van der Waals surface area contributed by atoms with Crippen molar-refractivity contribution in [3.63, 3.8) is 0 Å². The summed E-state index contributed by atoms with van der Waals surface area (Å²) in [5.41, 5.74) is -2.27. The molecule has 140 valence electrons. The molecule has 1 aliphatic heterocycles. The molecule has 2 aliphatic rings. The van der Waals surface area contributed by atoms with Crippen LogP contribution >= 0.6 is 0 Å². The van der Waals surface area contributed by atoms with E-state index in [4.69, 9.17) is 4.52 Å². The molecule has 1 atom stereocenters. The molecular weight excluding hydrogens is 351 g/mol. The summed E-state index contributed by atoms with van der Waals surface area (Å²) in [5, 5.41) is 10.0. The Bertz CT molecular complexity index is 837. The minimum atomic E-state index is -4.63. The van der Waals surface area contributed by atoms with Crippen molar-refractivity contribution in [1.82, 2.24) is 25.2 Å². The van der Waals surface area contributed by atoms with Gasteiger partial charge in [-0.25, -0.2) is 0 Å². The molecule has 7 nitrogen and oxygen atoms in total. The van der Waals surface area contributed by atoms with E-state index in [0.29, 0.717) is 13.0 Å². The highest BCUT2D eigenvalue weighted by molar-refractivity contribution is 5.89. The molecule has 10 heteroatoms. The predicted molar refractivity (Wildman–Crippen MR) is 82.8 cm³/mol. The third kappa shape index (κ3) is 2.50. The summed E-state index contributed by atoms with van der Waals surface area (Å²) < 4.78 is 46.0. The highest BCUT2D eigenvalue weighted by Crippen LogP contribution is 2.46. The summed E-state index contributed by atoms with van der Waals surface area (Å²) in [5.74, 6) is -0.208. The molecule has 0 bridgehead atoms. The first-order valence-electron chi connectivity index (χ1n) is 8.56. The van der Waals surface area contributed by atoms with E-state index < -0.39 is 17.3 Å². The molecule has 4 rings (SSSR count). The lowest BCUT2D eigenvalue weighted by Crippen LogP contribution is -2.41. The number of alkyl halides is 3. The Labute approximate surface area is 146 Å². The number of hydrogen-bond acceptors (Lipinski definition) is 5. The molecule has 0 aromatic carbocycles. The molecule has 26 heavy (non-hydrogen) atoms. The Morgan fingerprint density at radius 3 is 2.69 bits per heavy atom. The second-order valence-corrected chi connectivity index (χ2v) is 6.94. The summed E-state index contributed by atoms with van der Waals surface area (Å²) in [6, 6.07) is 0. The minimum absolute atomic E-state index is 0.0642. The first-order chi connectivity index (χ1) is 12.3. The van der Waals surface area contributed by atoms with Crippen molar-refractivity contribution < 1.29 is 22.5 Å². The van der Waals surface area contributed by atoms with E-state index in [-0.39, 0.29) is 29.1 Å². The Balaban J connectivity index is 1.77. The maximum Gasteiger partial charge on any atom is 0.435 e. The standard InChI is InChI=1S/C16H18F3N5O2/c1-24-8-10(11(22-24)16(17,18)19)12-21-14(26-23-12)15(6-7-20-13(15)25)9-4-2-3-5-9/h8-9H,2-7H2,1H3,(H,20,25). The number of nitrogens with zero attached hydrogens (tertiary/aromatic N) is 4. The quantitative estimate of drug-likeness (QED) is 0.898. The molecule has 2 aromatic heterocycles. The number of halogens is 3. The van der Waals surface area contributed by atoms with Crippen molar-refractivity contribution in [3.8, 4) is 11.4 Å². The fourth-order valence-corrected chi connectivity index (χ4v) is 4.21. The molecule has 2 aromatic rings. The van der Waals surface area contributed by atoms with Crippen molar-refractivity contribution in [2.75, 3.05) is 6.54 Å². The van der Waals surface area contributed by atoms with Crippen molar-refractivity contribution in [2.45, 2.75) is 43.7 Å². The Hall–Kier alpha value is -2.39. The molecule has 1 N–H and O–H groups in total. The summed E-state index contributed by atoms with van der Waals surface area (Å²) in [6.45, 7) is 0.494. The minimum Gasteiger partial charge on any atom is -0.355 e. The van der Waals surface area contributed by atoms with Gasteiger partial charge in [-0.1, -0.05) is 18.0 Å². The number of hydrogen-bond donors (Lipinski definition) is 1. The van der Waals surface area contributed by atoms with E-state index in [1.54, 1.807) is 0 Å². The van der Waals surface area contributed by atoms with Crippen LogP contribution in [0.2, 0.25) is 0 Å². The lowest BCUT2D eigenvalue weighted by Gasteiger charge is -2.28. The molecule has 0 radical (unpaired) electrons. The largest absolute Gasteiger partial charge is 0.435 e. The van der Waals surface area contributed by atoms with E-state index in [9.17, 15) is 18.0 Å². The first-order valence-corrected chi connectivity index (χ1v) is 8.56. The van der Waals surface area contributed by atoms with Crippen molar-refractivity contribution in [1.29, 1.82) is 0 Å². The zero-order chi connectivity index (χ0) is 18.5. The van der Waals surface area contributed by atoms with Gasteiger partial charge in [-0.05, 0) is 25.2 Å². The maximum absolute atomic E-state index is 13.2. The van der Waals surface area contributed by atoms with Gasteiger partial charge in [0, 0.05) is 19.8 Å². The molecule has 3 heterocycles. The highest BCUT2D eigenvalue weighted by atomic mass is 19.4. The molecule has 0 spiro atoms. The summed E-state index contributed by atoms with van der Waals surface area (Å²) >= 11 is 0. The van der Waals surface area contributed by atoms with Crippen LogP contribution in [0.5, 0.6) is 0 Å². The predicted octanol–water partition coefficient (Wildman–Crippen LogP) is 2.44. The van der Waals surface area contributed by atoms with Crippen molar-refractivity contribution in [2.24, 2.45) is 13.0 Å². The van der Waals surface area contributed by atoms with Gasteiger partial charge in [-0.2, -0.15) is 23.3 Å². The van der Waals surface area contributed by atoms with Crippen molar-refractivity contribution >= 4 is 5.91 Å². The van der Waals surface area contributed by atoms with Crippen LogP contribution in [0.3, 0.4) is 0 Å². The third-order valence-corrected chi connectivity index (χ3v) is 5.41. The second kappa shape index (κ2) is 5.82. The van der Waals surface area contributed by atoms with E-state index in [1.165, 1.54) is 13.2 Å². The molecular formula is C16H18F3N5O2. The molecule has 1 amide bonds. The lowest BCUT2D eigenvalue weighted by molar-refractivity contribution is -0.141. The van der Waals surface area contributed by atoms with Gasteiger partial charge in [0.1, 0.15) is 5.41 Å². The van der Waals surface area contributed by atoms with Gasteiger partial charge in [0.2, 0.25) is 17.6 Å². The van der Waals surface area contributed by atoms with E-state index >= 15 is 0 Å². The van der Waals surface area contributed by atoms with E-state index in [1.807, 2.05) is 0 Å². The van der Waals surface area contributed by atoms with Crippen LogP contribution in [-0.4, -0.2) is 32.4 Å². The SMILES string of the molecule is Cn1cc(-c2noc(C3(C4CCCC4)CCNC3=O)n2)c(C(F)(F)F)n1. The summed E-state index contributed by atoms with van der Waals surface area (Å²) in [6.07, 6.45) is 0.845. The number of carbonyl (C=O) groups is 1. The van der Waals surface area contributed by atoms with Crippen LogP contribution < -0.4 is 5.32 Å². The van der Waals surface area contributed by atoms with Crippen LogP contribution in [0.4, 0.5) is 13.2 Å². The fraction of sp³-hybridized carbons (Fsp3) is 0.625. The summed E-state index contributed by atoms with van der Waals surface area (Å²) in [4.78, 5) is 16.8. The van der Waals surface area contributed by atoms with Crippen LogP contribution in [0.1, 0.15) is 43.7 Å². The Morgan fingerprint density at radius 1 is 1.35 bits per heavy atom. The fourth-order valence-electron chi connectivity index (χ4n) is 4.21. The lowest BCUT2D eigenvalue weighted by atomic mass is 9.72. The number of aromatic nitrogens is 4. The molecule has 1 aliphatic carbocycles. The Kier molecular flexibility index (Phi) is 3.81. The number of amides is 1. The van der Waals surface area contributed by atoms with Crippen LogP contribution in [0.25, 0.3) is 11.4 Å². The van der Waals surface area contributed by atoms with Crippen LogP contribution in [0, 0.1) is 5.92 Å². The van der Waals surface area contributed by atoms with E-state index in [0.717, 1.165) is 30.4 Å². The van der Waals surface area contributed by atoms with Gasteiger partial charge < -0.3 is 9.84 Å².